The number of halogens is 1. The third-order valence-corrected chi connectivity index (χ3v) is 3.75. The minimum absolute atomic E-state index is 0.104. The summed E-state index contributed by atoms with van der Waals surface area (Å²) in [5, 5.41) is 6.80. The first-order valence-electron chi connectivity index (χ1n) is 7.58. The lowest BCUT2D eigenvalue weighted by atomic mass is 10.2. The van der Waals surface area contributed by atoms with Gasteiger partial charge >= 0.3 is 0 Å². The molecular formula is C17H21ClN4O. The van der Waals surface area contributed by atoms with Crippen LogP contribution in [0.25, 0.3) is 0 Å². The predicted molar refractivity (Wildman–Crippen MR) is 93.5 cm³/mol. The molecule has 0 aliphatic carbocycles. The third-order valence-electron chi connectivity index (χ3n) is 3.51. The Kier molecular flexibility index (Phi) is 5.55. The number of nitrogens with zero attached hydrogens (tertiary/aromatic N) is 2. The highest BCUT2D eigenvalue weighted by atomic mass is 35.5. The lowest BCUT2D eigenvalue weighted by molar-refractivity contribution is 0.0934. The molecule has 2 rings (SSSR count). The molecule has 0 saturated heterocycles. The molecule has 2 aromatic rings. The SMILES string of the molecule is CCC(C)NC(=O)c1cc(Nc2ccc(Cl)cc2C)nc(C)n1. The van der Waals surface area contributed by atoms with Gasteiger partial charge in [0, 0.05) is 22.8 Å². The number of carbonyl (C=O) groups excluding carboxylic acids is 1. The van der Waals surface area contributed by atoms with E-state index < -0.39 is 0 Å². The summed E-state index contributed by atoms with van der Waals surface area (Å²) in [4.78, 5) is 20.8. The molecule has 2 N–H and O–H groups in total. The highest BCUT2D eigenvalue weighted by Gasteiger charge is 2.13. The molecule has 0 aliphatic heterocycles. The van der Waals surface area contributed by atoms with Crippen LogP contribution in [0.3, 0.4) is 0 Å². The van der Waals surface area contributed by atoms with Crippen LogP contribution in [0, 0.1) is 13.8 Å². The Morgan fingerprint density at radius 1 is 1.26 bits per heavy atom. The molecule has 0 aliphatic rings. The van der Waals surface area contributed by atoms with Crippen molar-refractivity contribution in [2.45, 2.75) is 40.2 Å². The van der Waals surface area contributed by atoms with Crippen LogP contribution in [0.2, 0.25) is 5.02 Å². The van der Waals surface area contributed by atoms with Crippen LogP contribution in [-0.2, 0) is 0 Å². The Bertz CT molecular complexity index is 718. The van der Waals surface area contributed by atoms with Crippen molar-refractivity contribution in [3.8, 4) is 0 Å². The Morgan fingerprint density at radius 3 is 2.65 bits per heavy atom. The maximum Gasteiger partial charge on any atom is 0.270 e. The minimum atomic E-state index is -0.194. The number of hydrogen-bond acceptors (Lipinski definition) is 4. The van der Waals surface area contributed by atoms with E-state index in [0.717, 1.165) is 17.7 Å². The van der Waals surface area contributed by atoms with Gasteiger partial charge in [0.1, 0.15) is 17.3 Å². The Hall–Kier alpha value is -2.14. The Morgan fingerprint density at radius 2 is 2.00 bits per heavy atom. The number of aromatic nitrogens is 2. The summed E-state index contributed by atoms with van der Waals surface area (Å²) < 4.78 is 0. The highest BCUT2D eigenvalue weighted by molar-refractivity contribution is 6.30. The van der Waals surface area contributed by atoms with Crippen molar-refractivity contribution >= 4 is 29.0 Å². The van der Waals surface area contributed by atoms with Gasteiger partial charge in [0.15, 0.2) is 0 Å². The lowest BCUT2D eigenvalue weighted by Crippen LogP contribution is -2.32. The maximum atomic E-state index is 12.2. The Labute approximate surface area is 141 Å². The molecule has 23 heavy (non-hydrogen) atoms. The van der Waals surface area contributed by atoms with Gasteiger partial charge in [-0.05, 0) is 51.0 Å². The van der Waals surface area contributed by atoms with E-state index in [1.807, 2.05) is 39.0 Å². The molecule has 0 bridgehead atoms. The molecule has 1 heterocycles. The average Bonchev–Trinajstić information content (AvgIpc) is 2.49. The summed E-state index contributed by atoms with van der Waals surface area (Å²) in [7, 11) is 0. The number of aryl methyl sites for hydroxylation is 2. The molecule has 0 fully saturated rings. The minimum Gasteiger partial charge on any atom is -0.348 e. The summed E-state index contributed by atoms with van der Waals surface area (Å²) in [5.41, 5.74) is 2.24. The molecule has 0 saturated carbocycles. The van der Waals surface area contributed by atoms with Gasteiger partial charge in [-0.2, -0.15) is 0 Å². The van der Waals surface area contributed by atoms with E-state index in [1.165, 1.54) is 0 Å². The van der Waals surface area contributed by atoms with Gasteiger partial charge in [-0.15, -0.1) is 0 Å². The van der Waals surface area contributed by atoms with Gasteiger partial charge in [-0.3, -0.25) is 4.79 Å². The number of benzene rings is 1. The predicted octanol–water partition coefficient (Wildman–Crippen LogP) is 4.02. The molecular weight excluding hydrogens is 312 g/mol. The zero-order valence-electron chi connectivity index (χ0n) is 13.8. The van der Waals surface area contributed by atoms with Crippen LogP contribution in [0.4, 0.5) is 11.5 Å². The van der Waals surface area contributed by atoms with Gasteiger partial charge in [-0.1, -0.05) is 18.5 Å². The second kappa shape index (κ2) is 7.42. The quantitative estimate of drug-likeness (QED) is 0.867. The second-order valence-electron chi connectivity index (χ2n) is 5.55. The van der Waals surface area contributed by atoms with Crippen LogP contribution >= 0.6 is 11.6 Å². The topological polar surface area (TPSA) is 66.9 Å². The molecule has 0 radical (unpaired) electrons. The molecule has 0 spiro atoms. The molecule has 122 valence electrons. The summed E-state index contributed by atoms with van der Waals surface area (Å²) >= 11 is 5.97. The fraction of sp³-hybridized carbons (Fsp3) is 0.353. The van der Waals surface area contributed by atoms with E-state index in [9.17, 15) is 4.79 Å². The van der Waals surface area contributed by atoms with Crippen molar-refractivity contribution in [1.82, 2.24) is 15.3 Å². The highest BCUT2D eigenvalue weighted by Crippen LogP contribution is 2.23. The van der Waals surface area contributed by atoms with Gasteiger partial charge < -0.3 is 10.6 Å². The van der Waals surface area contributed by atoms with Crippen molar-refractivity contribution in [3.05, 3.63) is 46.4 Å². The van der Waals surface area contributed by atoms with Crippen molar-refractivity contribution < 1.29 is 4.79 Å². The van der Waals surface area contributed by atoms with E-state index in [2.05, 4.69) is 20.6 Å². The van der Waals surface area contributed by atoms with E-state index in [1.54, 1.807) is 13.0 Å². The molecule has 1 aromatic carbocycles. The number of anilines is 2. The van der Waals surface area contributed by atoms with Gasteiger partial charge in [0.25, 0.3) is 5.91 Å². The zero-order chi connectivity index (χ0) is 17.0. The fourth-order valence-corrected chi connectivity index (χ4v) is 2.28. The second-order valence-corrected chi connectivity index (χ2v) is 5.99. The normalized spacial score (nSPS) is 11.9. The van der Waals surface area contributed by atoms with Crippen molar-refractivity contribution in [1.29, 1.82) is 0 Å². The van der Waals surface area contributed by atoms with Gasteiger partial charge in [-0.25, -0.2) is 9.97 Å². The Balaban J connectivity index is 2.24. The molecule has 1 aromatic heterocycles. The molecule has 1 amide bonds. The summed E-state index contributed by atoms with van der Waals surface area (Å²) in [5.74, 6) is 0.925. The standard InChI is InChI=1S/C17H21ClN4O/c1-5-11(3)19-17(23)15-9-16(21-12(4)20-15)22-14-7-6-13(18)8-10(14)2/h6-9,11H,5H2,1-4H3,(H,19,23)(H,20,21,22). The molecule has 5 nitrogen and oxygen atoms in total. The fourth-order valence-electron chi connectivity index (χ4n) is 2.05. The summed E-state index contributed by atoms with van der Waals surface area (Å²) in [6.45, 7) is 7.70. The number of rotatable bonds is 5. The largest absolute Gasteiger partial charge is 0.348 e. The monoisotopic (exact) mass is 332 g/mol. The van der Waals surface area contributed by atoms with Crippen LogP contribution in [-0.4, -0.2) is 21.9 Å². The number of hydrogen-bond donors (Lipinski definition) is 2. The summed E-state index contributed by atoms with van der Waals surface area (Å²) in [6.07, 6.45) is 0.866. The third kappa shape index (κ3) is 4.66. The van der Waals surface area contributed by atoms with E-state index in [0.29, 0.717) is 22.4 Å². The van der Waals surface area contributed by atoms with Crippen LogP contribution in [0.15, 0.2) is 24.3 Å². The molecule has 6 heteroatoms. The number of carbonyl (C=O) groups is 1. The van der Waals surface area contributed by atoms with Crippen molar-refractivity contribution in [2.24, 2.45) is 0 Å². The number of amides is 1. The first-order chi connectivity index (χ1) is 10.9. The molecule has 1 atom stereocenters. The smallest absolute Gasteiger partial charge is 0.270 e. The van der Waals surface area contributed by atoms with E-state index in [-0.39, 0.29) is 11.9 Å². The van der Waals surface area contributed by atoms with E-state index >= 15 is 0 Å². The zero-order valence-corrected chi connectivity index (χ0v) is 14.5. The van der Waals surface area contributed by atoms with Crippen molar-refractivity contribution in [3.63, 3.8) is 0 Å². The van der Waals surface area contributed by atoms with Crippen molar-refractivity contribution in [2.75, 3.05) is 5.32 Å². The first kappa shape index (κ1) is 17.2. The van der Waals surface area contributed by atoms with Crippen LogP contribution in [0.1, 0.15) is 42.1 Å². The first-order valence-corrected chi connectivity index (χ1v) is 7.96. The summed E-state index contributed by atoms with van der Waals surface area (Å²) in [6, 6.07) is 7.32. The van der Waals surface area contributed by atoms with Gasteiger partial charge in [0.05, 0.1) is 0 Å². The number of nitrogens with one attached hydrogen (secondary N) is 2. The van der Waals surface area contributed by atoms with Crippen LogP contribution in [0.5, 0.6) is 0 Å². The lowest BCUT2D eigenvalue weighted by Gasteiger charge is -2.13. The average molecular weight is 333 g/mol. The maximum absolute atomic E-state index is 12.2. The van der Waals surface area contributed by atoms with E-state index in [4.69, 9.17) is 11.6 Å². The van der Waals surface area contributed by atoms with Gasteiger partial charge in [0.2, 0.25) is 0 Å². The molecule has 1 unspecified atom stereocenters. The van der Waals surface area contributed by atoms with Crippen LogP contribution < -0.4 is 10.6 Å².